The number of likely N-dealkylation sites (N-methyl/N-ethyl adjacent to an activating group) is 1. The summed E-state index contributed by atoms with van der Waals surface area (Å²) in [5, 5.41) is 25.1. The predicted octanol–water partition coefficient (Wildman–Crippen LogP) is 7.81. The summed E-state index contributed by atoms with van der Waals surface area (Å²) < 4.78 is 52.0. The van der Waals surface area contributed by atoms with E-state index >= 15 is 8.42 Å². The molecule has 3 aromatic carbocycles. The van der Waals surface area contributed by atoms with E-state index in [0.717, 1.165) is 43.1 Å². The number of carbonyl (C=O) groups excluding carboxylic acids is 1. The third kappa shape index (κ3) is 8.31. The van der Waals surface area contributed by atoms with E-state index in [1.165, 1.54) is 4.31 Å². The molecule has 13 heteroatoms. The van der Waals surface area contributed by atoms with Crippen molar-refractivity contribution in [2.75, 3.05) is 33.5 Å². The number of hydrogen-bond acceptors (Lipinski definition) is 11. The van der Waals surface area contributed by atoms with Crippen LogP contribution in [-0.2, 0) is 19.6 Å². The number of pyridine rings is 1. The molecule has 312 valence electrons. The number of nitrogens with zero attached hydrogens (tertiary/aromatic N) is 3. The van der Waals surface area contributed by atoms with Crippen LogP contribution in [0.1, 0.15) is 73.7 Å². The molecule has 2 aliphatic carbocycles. The van der Waals surface area contributed by atoms with Gasteiger partial charge in [0.2, 0.25) is 15.8 Å². The summed E-state index contributed by atoms with van der Waals surface area (Å²) in [6.45, 7) is 6.33. The molecule has 6 unspecified atom stereocenters. The molecule has 2 N–H and O–H groups in total. The molecule has 12 nitrogen and oxygen atoms in total. The van der Waals surface area contributed by atoms with Crippen molar-refractivity contribution < 1.29 is 42.5 Å². The second kappa shape index (κ2) is 18.6. The first-order valence-electron chi connectivity index (χ1n) is 20.5. The number of aliphatic hydroxyl groups excluding tert-OH is 2. The van der Waals surface area contributed by atoms with Crippen molar-refractivity contribution in [2.24, 2.45) is 22.9 Å². The van der Waals surface area contributed by atoms with Crippen LogP contribution in [0.15, 0.2) is 113 Å². The summed E-state index contributed by atoms with van der Waals surface area (Å²) in [6, 6.07) is 20.3. The number of hydrogen-bond donors (Lipinski definition) is 2. The Morgan fingerprint density at radius 1 is 1.00 bits per heavy atom. The van der Waals surface area contributed by atoms with Crippen LogP contribution < -0.4 is 9.47 Å². The molecule has 1 fully saturated rings. The lowest BCUT2D eigenvalue weighted by Crippen LogP contribution is -2.69. The Morgan fingerprint density at radius 3 is 2.53 bits per heavy atom. The number of para-hydroxylation sites is 1. The standard InChI is InChI=1S/C46H53N3O9S/c1-4-25-55-46-42(49(3)59(53,54)41-19-11-15-32-16-12-22-47-45(32)41)29-39(48-56-5-2)37-27-33(14-6-8-23-50)36(18-7-9-24-51)43(44(37)46)38-28-35(20-21-40(38)58-46)57-34-17-10-13-31(26-34)30-52/h4,10-13,15-17,19-22,26-28,30,33,36,42-44,50-51H,1,5-9,14,18,23-25,29H2,2-3H3. The maximum absolute atomic E-state index is 15.0. The van der Waals surface area contributed by atoms with Gasteiger partial charge in [0.15, 0.2) is 0 Å². The molecule has 0 radical (unpaired) electrons. The van der Waals surface area contributed by atoms with Crippen LogP contribution in [0.3, 0.4) is 0 Å². The fourth-order valence-corrected chi connectivity index (χ4v) is 10.8. The molecule has 1 aliphatic heterocycles. The highest BCUT2D eigenvalue weighted by molar-refractivity contribution is 7.89. The van der Waals surface area contributed by atoms with Gasteiger partial charge in [-0.05, 0) is 92.5 Å². The van der Waals surface area contributed by atoms with E-state index in [0.29, 0.717) is 58.9 Å². The molecular formula is C46H53N3O9S. The van der Waals surface area contributed by atoms with E-state index in [1.54, 1.807) is 67.9 Å². The topological polar surface area (TPSA) is 157 Å². The van der Waals surface area contributed by atoms with Gasteiger partial charge in [-0.15, -0.1) is 6.58 Å². The van der Waals surface area contributed by atoms with E-state index in [-0.39, 0.29) is 48.9 Å². The van der Waals surface area contributed by atoms with Crippen LogP contribution >= 0.6 is 0 Å². The van der Waals surface area contributed by atoms with Crippen molar-refractivity contribution in [3.8, 4) is 17.2 Å². The minimum atomic E-state index is -4.25. The summed E-state index contributed by atoms with van der Waals surface area (Å²) >= 11 is 0. The molecule has 0 spiro atoms. The second-order valence-corrected chi connectivity index (χ2v) is 17.3. The fourth-order valence-electron chi connectivity index (χ4n) is 9.30. The van der Waals surface area contributed by atoms with Crippen LogP contribution in [0.5, 0.6) is 17.2 Å². The number of oxime groups is 1. The predicted molar refractivity (Wildman–Crippen MR) is 225 cm³/mol. The SMILES string of the molecule is C=CCOC12Oc3ccc(Oc4cccc(C=O)c4)cc3C3C(CCCCO)C(CCCCO)C=C(C(=NOCC)CC1N(C)S(=O)(=O)c1cccc4cccnc14)C32. The third-order valence-electron chi connectivity index (χ3n) is 11.9. The van der Waals surface area contributed by atoms with E-state index in [4.69, 9.17) is 24.2 Å². The highest BCUT2D eigenvalue weighted by atomic mass is 32.2. The van der Waals surface area contributed by atoms with Crippen LogP contribution in [-0.4, -0.2) is 85.2 Å². The molecule has 0 bridgehead atoms. The smallest absolute Gasteiger partial charge is 0.245 e. The van der Waals surface area contributed by atoms with E-state index in [2.05, 4.69) is 17.6 Å². The number of carbonyl (C=O) groups is 1. The monoisotopic (exact) mass is 823 g/mol. The van der Waals surface area contributed by atoms with Crippen molar-refractivity contribution in [3.05, 3.63) is 114 Å². The van der Waals surface area contributed by atoms with Gasteiger partial charge in [0.1, 0.15) is 35.0 Å². The number of unbranched alkanes of at least 4 members (excludes halogenated alkanes) is 2. The van der Waals surface area contributed by atoms with Gasteiger partial charge in [0, 0.05) is 55.3 Å². The highest BCUT2D eigenvalue weighted by Gasteiger charge is 2.65. The molecule has 3 aliphatic rings. The zero-order chi connectivity index (χ0) is 41.6. The Hall–Kier alpha value is -4.92. The van der Waals surface area contributed by atoms with Gasteiger partial charge in [-0.2, -0.15) is 4.31 Å². The number of ether oxygens (including phenoxy) is 3. The van der Waals surface area contributed by atoms with Gasteiger partial charge in [-0.1, -0.05) is 60.5 Å². The second-order valence-electron chi connectivity index (χ2n) is 15.3. The van der Waals surface area contributed by atoms with Crippen LogP contribution in [0, 0.1) is 17.8 Å². The van der Waals surface area contributed by atoms with Crippen molar-refractivity contribution >= 4 is 32.9 Å². The van der Waals surface area contributed by atoms with Gasteiger partial charge in [0.05, 0.1) is 29.8 Å². The van der Waals surface area contributed by atoms with Crippen molar-refractivity contribution in [2.45, 2.75) is 74.5 Å². The first-order chi connectivity index (χ1) is 28.7. The maximum Gasteiger partial charge on any atom is 0.245 e. The Kier molecular flexibility index (Phi) is 13.3. The molecule has 4 aromatic rings. The molecular weight excluding hydrogens is 771 g/mol. The largest absolute Gasteiger partial charge is 0.460 e. The van der Waals surface area contributed by atoms with Crippen LogP contribution in [0.4, 0.5) is 0 Å². The minimum absolute atomic E-state index is 0.0201. The molecule has 0 amide bonds. The summed E-state index contributed by atoms with van der Waals surface area (Å²) in [4.78, 5) is 22.0. The fraction of sp³-hybridized carbons (Fsp3) is 0.413. The number of aldehydes is 1. The van der Waals surface area contributed by atoms with Crippen molar-refractivity contribution in [3.63, 3.8) is 0 Å². The molecule has 1 aromatic heterocycles. The van der Waals surface area contributed by atoms with E-state index in [1.807, 2.05) is 31.2 Å². The number of allylic oxidation sites excluding steroid dienone is 1. The van der Waals surface area contributed by atoms with Gasteiger partial charge in [0.25, 0.3) is 0 Å². The lowest BCUT2D eigenvalue weighted by molar-refractivity contribution is -0.250. The zero-order valence-electron chi connectivity index (χ0n) is 33.6. The summed E-state index contributed by atoms with van der Waals surface area (Å²) in [5.74, 6) is -0.897. The maximum atomic E-state index is 15.0. The number of aliphatic hydroxyl groups is 2. The van der Waals surface area contributed by atoms with Crippen LogP contribution in [0.25, 0.3) is 10.9 Å². The van der Waals surface area contributed by atoms with E-state index < -0.39 is 27.8 Å². The summed E-state index contributed by atoms with van der Waals surface area (Å²) in [7, 11) is -2.69. The van der Waals surface area contributed by atoms with Gasteiger partial charge in [-0.25, -0.2) is 8.42 Å². The van der Waals surface area contributed by atoms with Crippen molar-refractivity contribution in [1.82, 2.24) is 9.29 Å². The molecule has 6 atom stereocenters. The normalized spacial score (nSPS) is 24.2. The summed E-state index contributed by atoms with van der Waals surface area (Å²) in [6.07, 6.45) is 10.7. The number of aromatic nitrogens is 1. The lowest BCUT2D eigenvalue weighted by Gasteiger charge is -2.59. The number of sulfonamides is 1. The van der Waals surface area contributed by atoms with Gasteiger partial charge in [-0.3, -0.25) is 9.78 Å². The Bertz CT molecular complexity index is 2310. The highest BCUT2D eigenvalue weighted by Crippen LogP contribution is 2.62. The first kappa shape index (κ1) is 42.2. The molecule has 59 heavy (non-hydrogen) atoms. The van der Waals surface area contributed by atoms with Crippen LogP contribution in [0.2, 0.25) is 0 Å². The lowest BCUT2D eigenvalue weighted by atomic mass is 9.55. The average Bonchev–Trinajstić information content (AvgIpc) is 3.25. The molecule has 2 heterocycles. The quantitative estimate of drug-likeness (QED) is 0.0414. The Balaban J connectivity index is 1.45. The third-order valence-corrected chi connectivity index (χ3v) is 13.8. The van der Waals surface area contributed by atoms with Crippen molar-refractivity contribution in [1.29, 1.82) is 0 Å². The summed E-state index contributed by atoms with van der Waals surface area (Å²) in [5.41, 5.74) is 3.17. The molecule has 7 rings (SSSR count). The minimum Gasteiger partial charge on any atom is -0.460 e. The average molecular weight is 824 g/mol. The van der Waals surface area contributed by atoms with Gasteiger partial charge < -0.3 is 29.3 Å². The van der Waals surface area contributed by atoms with E-state index in [9.17, 15) is 15.0 Å². The Labute approximate surface area is 346 Å². The number of benzene rings is 3. The molecule has 1 saturated carbocycles. The zero-order valence-corrected chi connectivity index (χ0v) is 34.4. The number of fused-ring (bicyclic) bond motifs is 3. The molecule has 0 saturated heterocycles. The number of rotatable bonds is 19. The Morgan fingerprint density at radius 2 is 1.76 bits per heavy atom. The van der Waals surface area contributed by atoms with Gasteiger partial charge >= 0.3 is 0 Å². The first-order valence-corrected chi connectivity index (χ1v) is 21.9.